The van der Waals surface area contributed by atoms with Crippen molar-refractivity contribution < 1.29 is 9.59 Å². The summed E-state index contributed by atoms with van der Waals surface area (Å²) in [4.78, 5) is 25.5. The van der Waals surface area contributed by atoms with Crippen molar-refractivity contribution in [3.05, 3.63) is 47.3 Å². The van der Waals surface area contributed by atoms with Crippen molar-refractivity contribution in [2.75, 3.05) is 5.32 Å². The Bertz CT molecular complexity index is 1020. The van der Waals surface area contributed by atoms with Gasteiger partial charge in [0, 0.05) is 38.6 Å². The van der Waals surface area contributed by atoms with Gasteiger partial charge in [-0.05, 0) is 13.8 Å². The minimum absolute atomic E-state index is 0.242. The first-order valence-corrected chi connectivity index (χ1v) is 8.86. The number of hydrogen-bond acceptors (Lipinski definition) is 5. The van der Waals surface area contributed by atoms with Gasteiger partial charge in [-0.3, -0.25) is 23.6 Å². The minimum atomic E-state index is -1.02. The van der Waals surface area contributed by atoms with Gasteiger partial charge in [0.15, 0.2) is 0 Å². The van der Waals surface area contributed by atoms with Crippen LogP contribution in [0.15, 0.2) is 31.0 Å². The highest BCUT2D eigenvalue weighted by atomic mass is 35.5. The maximum atomic E-state index is 12.8. The van der Waals surface area contributed by atoms with Crippen molar-refractivity contribution in [1.29, 1.82) is 0 Å². The summed E-state index contributed by atoms with van der Waals surface area (Å²) >= 11 is 5.90. The molecule has 3 heterocycles. The second-order valence-electron chi connectivity index (χ2n) is 6.85. The molecule has 3 aromatic heterocycles. The molecule has 28 heavy (non-hydrogen) atoms. The lowest BCUT2D eigenvalue weighted by Crippen LogP contribution is -2.41. The van der Waals surface area contributed by atoms with Gasteiger partial charge in [-0.15, -0.1) is 0 Å². The largest absolute Gasteiger partial charge is 0.346 e. The molecule has 0 atom stereocenters. The van der Waals surface area contributed by atoms with Gasteiger partial charge in [-0.2, -0.15) is 15.3 Å². The SMILES string of the molecule is Cn1cc(CNC(=O)c2c(NC(=O)C(C)(C)n3cc(Cl)cn3)cnn2C)cn1. The smallest absolute Gasteiger partial charge is 0.271 e. The zero-order chi connectivity index (χ0) is 20.5. The van der Waals surface area contributed by atoms with E-state index in [4.69, 9.17) is 11.6 Å². The van der Waals surface area contributed by atoms with Crippen LogP contribution in [0.25, 0.3) is 0 Å². The molecule has 0 aliphatic heterocycles. The number of nitrogens with zero attached hydrogens (tertiary/aromatic N) is 6. The fraction of sp³-hybridized carbons (Fsp3) is 0.353. The third-order valence-corrected chi connectivity index (χ3v) is 4.49. The average Bonchev–Trinajstić information content (AvgIpc) is 3.34. The van der Waals surface area contributed by atoms with E-state index in [2.05, 4.69) is 25.9 Å². The van der Waals surface area contributed by atoms with Crippen LogP contribution in [0.3, 0.4) is 0 Å². The highest BCUT2D eigenvalue weighted by Gasteiger charge is 2.32. The van der Waals surface area contributed by atoms with E-state index in [1.165, 1.54) is 21.8 Å². The Hall–Kier alpha value is -3.14. The Morgan fingerprint density at radius 1 is 1.11 bits per heavy atom. The molecule has 11 heteroatoms. The van der Waals surface area contributed by atoms with E-state index in [0.717, 1.165) is 5.56 Å². The molecule has 3 rings (SSSR count). The normalized spacial score (nSPS) is 11.5. The van der Waals surface area contributed by atoms with Crippen LogP contribution < -0.4 is 10.6 Å². The van der Waals surface area contributed by atoms with Gasteiger partial charge in [0.25, 0.3) is 11.8 Å². The Labute approximate surface area is 166 Å². The summed E-state index contributed by atoms with van der Waals surface area (Å²) in [5, 5.41) is 18.2. The highest BCUT2D eigenvalue weighted by molar-refractivity contribution is 6.30. The Balaban J connectivity index is 1.74. The Kier molecular flexibility index (Phi) is 5.23. The molecular weight excluding hydrogens is 384 g/mol. The molecule has 0 unspecified atom stereocenters. The van der Waals surface area contributed by atoms with E-state index in [-0.39, 0.29) is 17.5 Å². The lowest BCUT2D eigenvalue weighted by molar-refractivity contribution is -0.123. The zero-order valence-corrected chi connectivity index (χ0v) is 16.7. The molecule has 2 amide bonds. The van der Waals surface area contributed by atoms with Gasteiger partial charge in [0.2, 0.25) is 0 Å². The van der Waals surface area contributed by atoms with E-state index < -0.39 is 5.54 Å². The average molecular weight is 405 g/mol. The lowest BCUT2D eigenvalue weighted by atomic mass is 10.0. The molecule has 148 valence electrons. The van der Waals surface area contributed by atoms with E-state index in [1.54, 1.807) is 45.0 Å². The molecule has 0 bridgehead atoms. The van der Waals surface area contributed by atoms with Gasteiger partial charge in [0.1, 0.15) is 11.2 Å². The maximum Gasteiger partial charge on any atom is 0.271 e. The molecule has 0 spiro atoms. The fourth-order valence-electron chi connectivity index (χ4n) is 2.61. The molecule has 0 aliphatic carbocycles. The third-order valence-electron chi connectivity index (χ3n) is 4.29. The first-order valence-electron chi connectivity index (χ1n) is 8.48. The second kappa shape index (κ2) is 7.47. The number of nitrogens with one attached hydrogen (secondary N) is 2. The van der Waals surface area contributed by atoms with Gasteiger partial charge in [-0.1, -0.05) is 11.6 Å². The quantitative estimate of drug-likeness (QED) is 0.643. The molecule has 0 aromatic carbocycles. The molecule has 0 saturated carbocycles. The summed E-state index contributed by atoms with van der Waals surface area (Å²) in [6.07, 6.45) is 7.93. The van der Waals surface area contributed by atoms with Crippen LogP contribution in [0.1, 0.15) is 29.9 Å². The van der Waals surface area contributed by atoms with Crippen LogP contribution >= 0.6 is 11.6 Å². The summed E-state index contributed by atoms with van der Waals surface area (Å²) in [6.45, 7) is 3.71. The topological polar surface area (TPSA) is 112 Å². The van der Waals surface area contributed by atoms with Crippen LogP contribution in [0.5, 0.6) is 0 Å². The van der Waals surface area contributed by atoms with Crippen molar-refractivity contribution in [2.24, 2.45) is 14.1 Å². The highest BCUT2D eigenvalue weighted by Crippen LogP contribution is 2.21. The number of carbonyl (C=O) groups excluding carboxylic acids is 2. The molecule has 2 N–H and O–H groups in total. The number of halogens is 1. The Morgan fingerprint density at radius 2 is 1.86 bits per heavy atom. The van der Waals surface area contributed by atoms with Crippen LogP contribution in [-0.2, 0) is 31.0 Å². The van der Waals surface area contributed by atoms with Crippen LogP contribution in [-0.4, -0.2) is 41.2 Å². The number of anilines is 1. The predicted octanol–water partition coefficient (Wildman–Crippen LogP) is 1.31. The minimum Gasteiger partial charge on any atom is -0.346 e. The van der Waals surface area contributed by atoms with Crippen LogP contribution in [0, 0.1) is 0 Å². The number of hydrogen-bond donors (Lipinski definition) is 2. The third kappa shape index (κ3) is 3.91. The summed E-state index contributed by atoms with van der Waals surface area (Å²) in [5.74, 6) is -0.722. The Morgan fingerprint density at radius 3 is 2.46 bits per heavy atom. The molecule has 3 aromatic rings. The van der Waals surface area contributed by atoms with Crippen molar-refractivity contribution >= 4 is 29.1 Å². The van der Waals surface area contributed by atoms with E-state index in [1.807, 2.05) is 6.20 Å². The van der Waals surface area contributed by atoms with Crippen molar-refractivity contribution in [1.82, 2.24) is 34.7 Å². The van der Waals surface area contributed by atoms with Gasteiger partial charge < -0.3 is 10.6 Å². The van der Waals surface area contributed by atoms with Crippen LogP contribution in [0.2, 0.25) is 5.02 Å². The van der Waals surface area contributed by atoms with Crippen molar-refractivity contribution in [2.45, 2.75) is 25.9 Å². The number of aromatic nitrogens is 6. The summed E-state index contributed by atoms with van der Waals surface area (Å²) in [5.41, 5.74) is 0.390. The number of rotatable bonds is 6. The number of carbonyl (C=O) groups is 2. The van der Waals surface area contributed by atoms with Gasteiger partial charge >= 0.3 is 0 Å². The number of amides is 2. The first-order chi connectivity index (χ1) is 13.2. The monoisotopic (exact) mass is 404 g/mol. The molecule has 0 fully saturated rings. The maximum absolute atomic E-state index is 12.8. The molecule has 0 radical (unpaired) electrons. The second-order valence-corrected chi connectivity index (χ2v) is 7.29. The standard InChI is InChI=1S/C17H21ClN8O2/c1-17(2,26-10-12(18)7-22-26)16(28)23-13-8-21-25(4)14(13)15(27)19-5-11-6-20-24(3)9-11/h6-10H,5H2,1-4H3,(H,19,27)(H,23,28). The molecule has 10 nitrogen and oxygen atoms in total. The fourth-order valence-corrected chi connectivity index (χ4v) is 2.75. The van der Waals surface area contributed by atoms with Crippen molar-refractivity contribution in [3.63, 3.8) is 0 Å². The summed E-state index contributed by atoms with van der Waals surface area (Å²) in [7, 11) is 3.43. The lowest BCUT2D eigenvalue weighted by Gasteiger charge is -2.24. The van der Waals surface area contributed by atoms with Crippen LogP contribution in [0.4, 0.5) is 5.69 Å². The first kappa shape index (κ1) is 19.6. The van der Waals surface area contributed by atoms with E-state index in [0.29, 0.717) is 17.3 Å². The molecule has 0 aliphatic rings. The zero-order valence-electron chi connectivity index (χ0n) is 16.0. The van der Waals surface area contributed by atoms with Crippen molar-refractivity contribution in [3.8, 4) is 0 Å². The van der Waals surface area contributed by atoms with E-state index >= 15 is 0 Å². The molecular formula is C17H21ClN8O2. The van der Waals surface area contributed by atoms with E-state index in [9.17, 15) is 9.59 Å². The summed E-state index contributed by atoms with van der Waals surface area (Å²) < 4.78 is 4.52. The predicted molar refractivity (Wildman–Crippen MR) is 103 cm³/mol. The van der Waals surface area contributed by atoms with Gasteiger partial charge in [0.05, 0.1) is 29.3 Å². The van der Waals surface area contributed by atoms with Gasteiger partial charge in [-0.25, -0.2) is 0 Å². The molecule has 0 saturated heterocycles. The summed E-state index contributed by atoms with van der Waals surface area (Å²) in [6, 6.07) is 0. The number of aryl methyl sites for hydroxylation is 2.